The lowest BCUT2D eigenvalue weighted by molar-refractivity contribution is -0.162. The molecule has 0 saturated carbocycles. The van der Waals surface area contributed by atoms with Crippen molar-refractivity contribution in [1.29, 1.82) is 0 Å². The molecule has 0 aliphatic carbocycles. The molecule has 9 unspecified atom stereocenters. The third kappa shape index (κ3) is 14.3. The summed E-state index contributed by atoms with van der Waals surface area (Å²) in [6, 6.07) is 7.57. The summed E-state index contributed by atoms with van der Waals surface area (Å²) in [5, 5.41) is 14.5. The topological polar surface area (TPSA) is 174 Å². The molecule has 1 aromatic carbocycles. The second kappa shape index (κ2) is 21.8. The quantitative estimate of drug-likeness (QED) is 0.0478. The number of methoxy groups -OCH3 is 1. The maximum Gasteiger partial charge on any atom is 0.409 e. The van der Waals surface area contributed by atoms with Gasteiger partial charge in [-0.05, 0) is 57.4 Å². The lowest BCUT2D eigenvalue weighted by atomic mass is 9.83. The summed E-state index contributed by atoms with van der Waals surface area (Å²) >= 11 is 0. The number of carbonyl (C=O) groups excluding carboxylic acids is 5. The lowest BCUT2D eigenvalue weighted by Gasteiger charge is -2.42. The Morgan fingerprint density at radius 2 is 1.89 bits per heavy atom. The van der Waals surface area contributed by atoms with Crippen molar-refractivity contribution in [3.8, 4) is 0 Å². The Labute approximate surface area is 370 Å². The second-order valence-corrected chi connectivity index (χ2v) is 26.5. The molecule has 0 aromatic heterocycles. The Morgan fingerprint density at radius 3 is 2.57 bits per heavy atom. The highest BCUT2D eigenvalue weighted by Crippen LogP contribution is 2.49. The van der Waals surface area contributed by atoms with E-state index in [1.807, 2.05) is 51.1 Å². The van der Waals surface area contributed by atoms with Crippen LogP contribution in [0.25, 0.3) is 0 Å². The number of benzene rings is 1. The van der Waals surface area contributed by atoms with Crippen LogP contribution in [-0.2, 0) is 49.3 Å². The normalized spacial score (nSPS) is 29.4. The fourth-order valence-electron chi connectivity index (χ4n) is 7.35. The number of likely N-dealkylation sites (N-methyl/N-ethyl adjacent to an activating group) is 1. The van der Waals surface area contributed by atoms with Gasteiger partial charge in [-0.2, -0.15) is 0 Å². The first-order valence-corrected chi connectivity index (χ1v) is 27.2. The molecule has 2 fully saturated rings. The molecule has 3 heterocycles. The van der Waals surface area contributed by atoms with Gasteiger partial charge in [-0.25, -0.2) is 9.59 Å². The Balaban J connectivity index is 1.44. The number of carbonyl (C=O) groups is 5. The Kier molecular flexibility index (Phi) is 18.0. The summed E-state index contributed by atoms with van der Waals surface area (Å²) < 4.78 is 29.2. The van der Waals surface area contributed by atoms with Gasteiger partial charge in [-0.1, -0.05) is 91.0 Å². The van der Waals surface area contributed by atoms with Crippen LogP contribution in [0, 0.1) is 5.92 Å². The summed E-state index contributed by atoms with van der Waals surface area (Å²) in [5.74, 6) is -1.46. The summed E-state index contributed by atoms with van der Waals surface area (Å²) in [6.45, 7) is 16.4. The molecule has 3 aliphatic rings. The zero-order chi connectivity index (χ0) is 45.3. The maximum absolute atomic E-state index is 14.0. The number of fused-ring (bicyclic) bond motifs is 5. The lowest BCUT2D eigenvalue weighted by Crippen LogP contribution is -2.63. The molecule has 0 spiro atoms. The summed E-state index contributed by atoms with van der Waals surface area (Å²) in [5.41, 5.74) is -0.353. The number of ether oxygens (including phenoxy) is 5. The first-order chi connectivity index (χ1) is 28.6. The highest BCUT2D eigenvalue weighted by Gasteiger charge is 2.64. The molecule has 1 aromatic rings. The largest absolute Gasteiger partial charge is 0.466 e. The number of alkyl carbamates (subject to hydrolysis) is 1. The molecule has 17 heteroatoms. The number of esters is 2. The van der Waals surface area contributed by atoms with Crippen molar-refractivity contribution < 1.29 is 52.8 Å². The van der Waals surface area contributed by atoms with Gasteiger partial charge in [0.1, 0.15) is 30.0 Å². The van der Waals surface area contributed by atoms with E-state index in [4.69, 9.17) is 23.7 Å². The molecule has 3 aliphatic heterocycles. The fraction of sp³-hybridized carbons (Fsp3) is 0.659. The zero-order valence-electron chi connectivity index (χ0n) is 37.7. The standard InChI is InChI=1S/C44H67N3O11S2Si/c1-28-14-12-17-35(54-8)44(53)27-34(56-42(52)45-44)30(3)40-43(5,58-40)36(26-38(49)47(7)33-16-13-15-32(24-28)25-33)57-41(51)31(4)46(6)37(48)20-22-59-60-29(2)18-19-39(50)55-21-23-61(9,10)11/h12-17,25,29-31,34-36,40,53H,18-24,26-27H2,1-11H3,(H,45,52)/b17-12+,28-14+. The van der Waals surface area contributed by atoms with Gasteiger partial charge in [-0.3, -0.25) is 19.7 Å². The van der Waals surface area contributed by atoms with Crippen LogP contribution >= 0.6 is 21.6 Å². The molecule has 0 radical (unpaired) electrons. The summed E-state index contributed by atoms with van der Waals surface area (Å²) in [4.78, 5) is 69.1. The average Bonchev–Trinajstić information content (AvgIpc) is 3.89. The minimum Gasteiger partial charge on any atom is -0.466 e. The van der Waals surface area contributed by atoms with Crippen molar-refractivity contribution >= 4 is 65.2 Å². The van der Waals surface area contributed by atoms with Crippen LogP contribution in [0.4, 0.5) is 10.5 Å². The van der Waals surface area contributed by atoms with Crippen molar-refractivity contribution in [1.82, 2.24) is 10.2 Å². The number of allylic oxidation sites excluding steroid dienone is 3. The second-order valence-electron chi connectivity index (χ2n) is 18.0. The highest BCUT2D eigenvalue weighted by atomic mass is 33.1. The van der Waals surface area contributed by atoms with Gasteiger partial charge < -0.3 is 38.6 Å². The van der Waals surface area contributed by atoms with Crippen LogP contribution < -0.4 is 10.2 Å². The predicted octanol–water partition coefficient (Wildman–Crippen LogP) is 6.67. The number of hydrogen-bond acceptors (Lipinski definition) is 13. The van der Waals surface area contributed by atoms with E-state index in [0.717, 1.165) is 17.2 Å². The van der Waals surface area contributed by atoms with E-state index in [9.17, 15) is 29.1 Å². The number of nitrogens with zero attached hydrogens (tertiary/aromatic N) is 2. The SMILES string of the molecule is COC1/C=C/C=C(\C)Cc2cccc(c2)N(C)C(=O)CC(OC(=O)C(C)N(C)C(=O)CCSSC(C)CCC(=O)OCC[Si](C)(C)C)C2(C)OC2C(C)C2CC1(O)NC(=O)O2. The van der Waals surface area contributed by atoms with Gasteiger partial charge in [0.05, 0.1) is 19.1 Å². The monoisotopic (exact) mass is 905 g/mol. The van der Waals surface area contributed by atoms with E-state index in [1.165, 1.54) is 27.7 Å². The number of hydrogen-bond donors (Lipinski definition) is 2. The van der Waals surface area contributed by atoms with Crippen LogP contribution in [0.5, 0.6) is 0 Å². The van der Waals surface area contributed by atoms with Crippen LogP contribution in [-0.4, -0.2) is 129 Å². The Morgan fingerprint density at radius 1 is 1.16 bits per heavy atom. The van der Waals surface area contributed by atoms with E-state index >= 15 is 0 Å². The molecular formula is C44H67N3O11S2Si. The average molecular weight is 906 g/mol. The van der Waals surface area contributed by atoms with E-state index in [2.05, 4.69) is 25.0 Å². The van der Waals surface area contributed by atoms with Gasteiger partial charge in [0.2, 0.25) is 11.8 Å². The van der Waals surface area contributed by atoms with Gasteiger partial charge in [-0.15, -0.1) is 0 Å². The predicted molar refractivity (Wildman–Crippen MR) is 242 cm³/mol. The number of nitrogens with one attached hydrogen (secondary N) is 1. The maximum atomic E-state index is 14.0. The first kappa shape index (κ1) is 50.3. The zero-order valence-corrected chi connectivity index (χ0v) is 40.3. The molecule has 4 rings (SSSR count). The van der Waals surface area contributed by atoms with E-state index in [0.29, 0.717) is 37.3 Å². The fourth-order valence-corrected chi connectivity index (χ4v) is 10.4. The van der Waals surface area contributed by atoms with Gasteiger partial charge >= 0.3 is 18.0 Å². The van der Waals surface area contributed by atoms with Crippen molar-refractivity contribution in [3.05, 3.63) is 53.6 Å². The first-order valence-electron chi connectivity index (χ1n) is 21.1. The summed E-state index contributed by atoms with van der Waals surface area (Å²) in [6.07, 6.45) is 2.60. The molecular weight excluding hydrogens is 839 g/mol. The van der Waals surface area contributed by atoms with Gasteiger partial charge in [0.25, 0.3) is 0 Å². The third-order valence-electron chi connectivity index (χ3n) is 11.7. The number of rotatable bonds is 15. The third-order valence-corrected chi connectivity index (χ3v) is 16.3. The van der Waals surface area contributed by atoms with Crippen molar-refractivity contribution in [2.24, 2.45) is 5.92 Å². The van der Waals surface area contributed by atoms with E-state index < -0.39 is 67.8 Å². The molecule has 2 saturated heterocycles. The Hall–Kier alpha value is -3.35. The molecule has 2 N–H and O–H groups in total. The van der Waals surface area contributed by atoms with E-state index in [1.54, 1.807) is 50.9 Å². The molecule has 9 atom stereocenters. The minimum absolute atomic E-state index is 0.0352. The number of aliphatic hydroxyl groups is 1. The molecule has 4 bridgehead atoms. The number of epoxide rings is 1. The number of anilines is 1. The highest BCUT2D eigenvalue weighted by molar-refractivity contribution is 8.76. The van der Waals surface area contributed by atoms with Gasteiger partial charge in [0.15, 0.2) is 5.72 Å². The van der Waals surface area contributed by atoms with Crippen LogP contribution in [0.1, 0.15) is 72.3 Å². The molecule has 61 heavy (non-hydrogen) atoms. The summed E-state index contributed by atoms with van der Waals surface area (Å²) in [7, 11) is 6.54. The van der Waals surface area contributed by atoms with Crippen molar-refractivity contribution in [2.75, 3.05) is 38.5 Å². The van der Waals surface area contributed by atoms with Crippen LogP contribution in [0.15, 0.2) is 48.1 Å². The molecule has 14 nitrogen and oxygen atoms in total. The smallest absolute Gasteiger partial charge is 0.409 e. The van der Waals surface area contributed by atoms with E-state index in [-0.39, 0.29) is 42.3 Å². The van der Waals surface area contributed by atoms with Crippen LogP contribution in [0.3, 0.4) is 0 Å². The van der Waals surface area contributed by atoms with Crippen LogP contribution in [0.2, 0.25) is 25.7 Å². The van der Waals surface area contributed by atoms with Gasteiger partial charge in [0, 0.05) is 71.1 Å². The van der Waals surface area contributed by atoms with Crippen molar-refractivity contribution in [2.45, 2.75) is 146 Å². The van der Waals surface area contributed by atoms with Crippen molar-refractivity contribution in [3.63, 3.8) is 0 Å². The number of amides is 3. The Bertz CT molecular complexity index is 1790. The molecule has 3 amide bonds. The minimum atomic E-state index is -1.81. The molecule has 340 valence electrons.